The Kier molecular flexibility index (Phi) is 8.04. The van der Waals surface area contributed by atoms with Crippen LogP contribution in [0, 0.1) is 5.82 Å². The first-order valence-corrected chi connectivity index (χ1v) is 6.87. The number of hydrogen-bond acceptors (Lipinski definition) is 2. The molecule has 1 rings (SSSR count). The standard InChI is InChI=1S/C15H20F2N2O2/c16-12-6-8-14(9-7-12)19-15(21)18-10-4-2-1-3-5-13(17)11-20/h5-9,20H,1-4,10-11H2,(H2,18,19,21). The number of halogens is 2. The number of carbonyl (C=O) groups excluding carboxylic acids is 1. The van der Waals surface area contributed by atoms with Gasteiger partial charge < -0.3 is 15.7 Å². The molecule has 116 valence electrons. The van der Waals surface area contributed by atoms with E-state index in [1.807, 2.05) is 0 Å². The first-order chi connectivity index (χ1) is 10.1. The molecule has 1 aromatic carbocycles. The lowest BCUT2D eigenvalue weighted by Gasteiger charge is -2.07. The topological polar surface area (TPSA) is 61.4 Å². The number of rotatable bonds is 8. The summed E-state index contributed by atoms with van der Waals surface area (Å²) in [5, 5.41) is 13.7. The number of nitrogens with one attached hydrogen (secondary N) is 2. The van der Waals surface area contributed by atoms with Gasteiger partial charge in [-0.2, -0.15) is 0 Å². The SMILES string of the molecule is O=C(NCCCCCC=C(F)CO)Nc1ccc(F)cc1. The van der Waals surface area contributed by atoms with Gasteiger partial charge in [0.2, 0.25) is 0 Å². The molecule has 0 saturated carbocycles. The molecule has 0 spiro atoms. The Morgan fingerprint density at radius 3 is 2.57 bits per heavy atom. The van der Waals surface area contributed by atoms with Gasteiger partial charge in [0.25, 0.3) is 0 Å². The zero-order valence-corrected chi connectivity index (χ0v) is 11.7. The lowest BCUT2D eigenvalue weighted by Crippen LogP contribution is -2.29. The van der Waals surface area contributed by atoms with E-state index >= 15 is 0 Å². The number of aliphatic hydroxyl groups excluding tert-OH is 1. The van der Waals surface area contributed by atoms with Gasteiger partial charge in [0.1, 0.15) is 11.6 Å². The zero-order chi connectivity index (χ0) is 15.5. The first-order valence-electron chi connectivity index (χ1n) is 6.87. The van der Waals surface area contributed by atoms with Crippen molar-refractivity contribution in [3.63, 3.8) is 0 Å². The van der Waals surface area contributed by atoms with Crippen LogP contribution in [0.25, 0.3) is 0 Å². The molecular weight excluding hydrogens is 278 g/mol. The minimum Gasteiger partial charge on any atom is -0.389 e. The highest BCUT2D eigenvalue weighted by Gasteiger charge is 2.00. The summed E-state index contributed by atoms with van der Waals surface area (Å²) < 4.78 is 25.2. The third-order valence-corrected chi connectivity index (χ3v) is 2.79. The van der Waals surface area contributed by atoms with Gasteiger partial charge in [0.15, 0.2) is 0 Å². The van der Waals surface area contributed by atoms with Gasteiger partial charge >= 0.3 is 6.03 Å². The van der Waals surface area contributed by atoms with Crippen molar-refractivity contribution >= 4 is 11.7 Å². The summed E-state index contributed by atoms with van der Waals surface area (Å²) in [5.74, 6) is -0.862. The molecular formula is C15H20F2N2O2. The molecule has 0 fully saturated rings. The molecule has 0 atom stereocenters. The molecule has 0 unspecified atom stereocenters. The molecule has 0 aromatic heterocycles. The number of unbranched alkanes of at least 4 members (excludes halogenated alkanes) is 3. The average molecular weight is 298 g/mol. The lowest BCUT2D eigenvalue weighted by atomic mass is 10.2. The van der Waals surface area contributed by atoms with Crippen molar-refractivity contribution in [2.75, 3.05) is 18.5 Å². The molecule has 6 heteroatoms. The Labute approximate surface area is 122 Å². The van der Waals surface area contributed by atoms with Gasteiger partial charge in [-0.25, -0.2) is 13.6 Å². The van der Waals surface area contributed by atoms with Crippen LogP contribution in [0.3, 0.4) is 0 Å². The fourth-order valence-electron chi connectivity index (χ4n) is 1.68. The predicted octanol–water partition coefficient (Wildman–Crippen LogP) is 3.35. The van der Waals surface area contributed by atoms with Crippen LogP contribution in [0.15, 0.2) is 36.2 Å². The van der Waals surface area contributed by atoms with E-state index in [2.05, 4.69) is 10.6 Å². The van der Waals surface area contributed by atoms with Crippen molar-refractivity contribution < 1.29 is 18.7 Å². The fourth-order valence-corrected chi connectivity index (χ4v) is 1.68. The van der Waals surface area contributed by atoms with Crippen LogP contribution >= 0.6 is 0 Å². The molecule has 2 amide bonds. The number of anilines is 1. The van der Waals surface area contributed by atoms with Gasteiger partial charge in [-0.15, -0.1) is 0 Å². The minimum atomic E-state index is -0.550. The second-order valence-electron chi connectivity index (χ2n) is 4.55. The maximum Gasteiger partial charge on any atom is 0.319 e. The highest BCUT2D eigenvalue weighted by molar-refractivity contribution is 5.89. The molecule has 0 aliphatic heterocycles. The van der Waals surface area contributed by atoms with E-state index in [0.717, 1.165) is 19.3 Å². The number of benzene rings is 1. The van der Waals surface area contributed by atoms with E-state index in [9.17, 15) is 13.6 Å². The molecule has 0 bridgehead atoms. The molecule has 0 heterocycles. The van der Waals surface area contributed by atoms with Crippen molar-refractivity contribution in [3.05, 3.63) is 42.0 Å². The number of carbonyl (C=O) groups is 1. The van der Waals surface area contributed by atoms with Crippen molar-refractivity contribution in [2.45, 2.75) is 25.7 Å². The Morgan fingerprint density at radius 1 is 1.19 bits per heavy atom. The number of amides is 2. The molecule has 0 saturated heterocycles. The summed E-state index contributed by atoms with van der Waals surface area (Å²) in [6.07, 6.45) is 4.38. The lowest BCUT2D eigenvalue weighted by molar-refractivity contribution is 0.252. The maximum absolute atomic E-state index is 12.7. The molecule has 0 aliphatic rings. The predicted molar refractivity (Wildman–Crippen MR) is 78.2 cm³/mol. The van der Waals surface area contributed by atoms with Crippen molar-refractivity contribution in [2.24, 2.45) is 0 Å². The van der Waals surface area contributed by atoms with Crippen LogP contribution in [-0.4, -0.2) is 24.3 Å². The van der Waals surface area contributed by atoms with Crippen molar-refractivity contribution in [3.8, 4) is 0 Å². The van der Waals surface area contributed by atoms with E-state index in [1.165, 1.54) is 30.3 Å². The summed E-state index contributed by atoms with van der Waals surface area (Å²) in [4.78, 5) is 11.5. The van der Waals surface area contributed by atoms with Crippen LogP contribution in [0.5, 0.6) is 0 Å². The molecule has 4 nitrogen and oxygen atoms in total. The van der Waals surface area contributed by atoms with Crippen molar-refractivity contribution in [1.29, 1.82) is 0 Å². The third-order valence-electron chi connectivity index (χ3n) is 2.79. The molecule has 0 radical (unpaired) electrons. The Balaban J connectivity index is 2.07. The minimum absolute atomic E-state index is 0.340. The van der Waals surface area contributed by atoms with E-state index in [-0.39, 0.29) is 11.8 Å². The summed E-state index contributed by atoms with van der Waals surface area (Å²) >= 11 is 0. The fraction of sp³-hybridized carbons (Fsp3) is 0.400. The Morgan fingerprint density at radius 2 is 1.90 bits per heavy atom. The average Bonchev–Trinajstić information content (AvgIpc) is 2.48. The van der Waals surface area contributed by atoms with Gasteiger partial charge in [-0.3, -0.25) is 0 Å². The molecule has 0 aliphatic carbocycles. The van der Waals surface area contributed by atoms with E-state index in [1.54, 1.807) is 0 Å². The quantitative estimate of drug-likeness (QED) is 0.644. The number of aliphatic hydroxyl groups is 1. The highest BCUT2D eigenvalue weighted by atomic mass is 19.1. The largest absolute Gasteiger partial charge is 0.389 e. The summed E-state index contributed by atoms with van der Waals surface area (Å²) in [7, 11) is 0. The second-order valence-corrected chi connectivity index (χ2v) is 4.55. The number of allylic oxidation sites excluding steroid dienone is 1. The molecule has 1 aromatic rings. The van der Waals surface area contributed by atoms with Crippen LogP contribution in [0.1, 0.15) is 25.7 Å². The van der Waals surface area contributed by atoms with Gasteiger partial charge in [0.05, 0.1) is 6.61 Å². The summed E-state index contributed by atoms with van der Waals surface area (Å²) in [5.41, 5.74) is 0.526. The zero-order valence-electron chi connectivity index (χ0n) is 11.7. The van der Waals surface area contributed by atoms with Gasteiger partial charge in [-0.1, -0.05) is 12.5 Å². The molecule has 3 N–H and O–H groups in total. The van der Waals surface area contributed by atoms with Crippen LogP contribution in [0.4, 0.5) is 19.3 Å². The van der Waals surface area contributed by atoms with E-state index in [4.69, 9.17) is 5.11 Å². The Bertz CT molecular complexity index is 461. The van der Waals surface area contributed by atoms with Gasteiger partial charge in [0, 0.05) is 12.2 Å². The smallest absolute Gasteiger partial charge is 0.319 e. The monoisotopic (exact) mass is 298 g/mol. The third kappa shape index (κ3) is 8.04. The maximum atomic E-state index is 12.7. The van der Waals surface area contributed by atoms with Crippen LogP contribution in [-0.2, 0) is 0 Å². The number of urea groups is 1. The van der Waals surface area contributed by atoms with E-state index in [0.29, 0.717) is 18.7 Å². The first kappa shape index (κ1) is 17.1. The molecule has 21 heavy (non-hydrogen) atoms. The van der Waals surface area contributed by atoms with Gasteiger partial charge in [-0.05, 0) is 43.5 Å². The normalized spacial score (nSPS) is 11.3. The Hall–Kier alpha value is -1.95. The summed E-state index contributed by atoms with van der Waals surface area (Å²) in [6.45, 7) is -0.0374. The van der Waals surface area contributed by atoms with Crippen LogP contribution < -0.4 is 10.6 Å². The second kappa shape index (κ2) is 9.88. The number of hydrogen-bond donors (Lipinski definition) is 3. The van der Waals surface area contributed by atoms with Crippen molar-refractivity contribution in [1.82, 2.24) is 5.32 Å². The highest BCUT2D eigenvalue weighted by Crippen LogP contribution is 2.08. The summed E-state index contributed by atoms with van der Waals surface area (Å²) in [6, 6.07) is 5.17. The van der Waals surface area contributed by atoms with Crippen LogP contribution in [0.2, 0.25) is 0 Å². The van der Waals surface area contributed by atoms with E-state index < -0.39 is 12.4 Å².